The minimum atomic E-state index is -0.704. The Morgan fingerprint density at radius 3 is 0.923 bits per heavy atom. The van der Waals surface area contributed by atoms with Crippen LogP contribution in [0.4, 0.5) is 0 Å². The van der Waals surface area contributed by atoms with Crippen molar-refractivity contribution >= 4 is 0 Å². The summed E-state index contributed by atoms with van der Waals surface area (Å²) < 4.78 is 0. The van der Waals surface area contributed by atoms with E-state index in [1.165, 1.54) is 0 Å². The van der Waals surface area contributed by atoms with Crippen molar-refractivity contribution in [2.24, 2.45) is 0 Å². The first kappa shape index (κ1) is 66.8. The Morgan fingerprint density at radius 2 is 0.923 bits per heavy atom. The summed E-state index contributed by atoms with van der Waals surface area (Å²) in [5, 5.41) is 22.5. The third-order valence-electron chi connectivity index (χ3n) is 0.441. The molecule has 0 heterocycles. The Labute approximate surface area is 99.3 Å². The molecule has 10 heteroatoms. The van der Waals surface area contributed by atoms with E-state index >= 15 is 0 Å². The largest absolute Gasteiger partial charge is 0.440 e. The zero-order chi connectivity index (χ0) is 4.99. The van der Waals surface area contributed by atoms with Crippen LogP contribution in [0.5, 0.6) is 0 Å². The third-order valence-corrected chi connectivity index (χ3v) is 0.441. The first-order chi connectivity index (χ1) is 2.81. The molecule has 88 valence electrons. The van der Waals surface area contributed by atoms with Crippen LogP contribution >= 0.6 is 0 Å². The molecule has 0 bridgehead atoms. The third kappa shape index (κ3) is 64.3. The molecule has 0 aliphatic heterocycles. The molecule has 0 aliphatic rings. The summed E-state index contributed by atoms with van der Waals surface area (Å²) in [4.78, 5) is 0. The van der Waals surface area contributed by atoms with E-state index in [-0.39, 0.29) is 77.7 Å². The van der Waals surface area contributed by atoms with Gasteiger partial charge in [0.25, 0.3) is 0 Å². The smallest absolute Gasteiger partial charge is 0.200 e. The second-order valence-corrected chi connectivity index (χ2v) is 1.06. The maximum atomic E-state index is 7.99. The Balaban J connectivity index is -0.00000000595. The molecule has 0 saturated carbocycles. The van der Waals surface area contributed by atoms with E-state index in [0.29, 0.717) is 0 Å². The zero-order valence-electron chi connectivity index (χ0n) is 6.78. The molecule has 13 heavy (non-hydrogen) atoms. The number of hydrogen-bond donors (Lipinski definition) is 2. The van der Waals surface area contributed by atoms with Crippen molar-refractivity contribution in [2.75, 3.05) is 13.2 Å². The molecule has 0 unspecified atom stereocenters. The van der Waals surface area contributed by atoms with Crippen LogP contribution in [0, 0.1) is 0 Å². The van der Waals surface area contributed by atoms with Gasteiger partial charge in [-0.05, 0) is 0 Å². The van der Waals surface area contributed by atoms with Gasteiger partial charge in [-0.15, -0.1) is 0 Å². The molecule has 0 rings (SSSR count). The monoisotopic (exact) mass is 285 g/mol. The van der Waals surface area contributed by atoms with Crippen molar-refractivity contribution in [3.05, 3.63) is 0 Å². The van der Waals surface area contributed by atoms with Crippen LogP contribution in [0.1, 0.15) is 0 Å². The van der Waals surface area contributed by atoms with Gasteiger partial charge < -0.3 is 42.7 Å². The van der Waals surface area contributed by atoms with Crippen molar-refractivity contribution in [3.63, 3.8) is 0 Å². The molecule has 0 aromatic carbocycles. The van der Waals surface area contributed by atoms with Gasteiger partial charge >= 0.3 is 0 Å². The summed E-state index contributed by atoms with van der Waals surface area (Å²) in [5.74, 6) is 0. The van der Waals surface area contributed by atoms with E-state index in [4.69, 9.17) is 15.3 Å². The SMILES string of the molecule is O.O.O.O.O.OCC([OH2+])CO.[V].[V]. The van der Waals surface area contributed by atoms with Crippen molar-refractivity contribution in [2.45, 2.75) is 6.10 Å². The Hall–Kier alpha value is 0.849. The van der Waals surface area contributed by atoms with Gasteiger partial charge in [0.1, 0.15) is 13.2 Å². The van der Waals surface area contributed by atoms with Gasteiger partial charge in [0.05, 0.1) is 0 Å². The molecule has 0 amide bonds. The van der Waals surface area contributed by atoms with Crippen LogP contribution in [0.2, 0.25) is 0 Å². The summed E-state index contributed by atoms with van der Waals surface area (Å²) in [6, 6.07) is 0. The van der Waals surface area contributed by atoms with E-state index in [0.717, 1.165) is 0 Å². The number of aliphatic hydroxyl groups is 2. The molecule has 14 N–H and O–H groups in total. The fraction of sp³-hybridized carbons (Fsp3) is 1.00. The van der Waals surface area contributed by atoms with Gasteiger partial charge in [-0.2, -0.15) is 0 Å². The van der Waals surface area contributed by atoms with E-state index in [1.54, 1.807) is 0 Å². The van der Waals surface area contributed by atoms with E-state index in [9.17, 15) is 0 Å². The molecule has 8 nitrogen and oxygen atoms in total. The summed E-state index contributed by atoms with van der Waals surface area (Å²) >= 11 is 0. The number of rotatable bonds is 2. The maximum Gasteiger partial charge on any atom is 0.200 e. The second-order valence-electron chi connectivity index (χ2n) is 1.06. The maximum absolute atomic E-state index is 7.99. The predicted octanol–water partition coefficient (Wildman–Crippen LogP) is -6.06. The summed E-state index contributed by atoms with van der Waals surface area (Å²) in [6.45, 7) is -0.507. The van der Waals surface area contributed by atoms with Crippen molar-refractivity contribution in [1.82, 2.24) is 0 Å². The molecule has 0 aliphatic carbocycles. The van der Waals surface area contributed by atoms with Gasteiger partial charge in [-0.1, -0.05) is 0 Å². The normalized spacial score (nSPS) is 4.62. The summed E-state index contributed by atoms with van der Waals surface area (Å²) in [6.07, 6.45) is -0.704. The molecular formula is C3H19O8V2+. The standard InChI is InChI=1S/C3H8O3.5H2O.2V/c4-1-3(6)2-5;;;;;;;/h3-6H,1-2H2;5*1H2;;/p+1. The fourth-order valence-corrected chi connectivity index (χ4v) is 0.0577. The molecule has 0 aromatic heterocycles. The number of hydrogen-bond acceptors (Lipinski definition) is 2. The Kier molecular flexibility index (Phi) is 271. The minimum Gasteiger partial charge on any atom is -0.440 e. The van der Waals surface area contributed by atoms with Crippen LogP contribution in [0.15, 0.2) is 0 Å². The summed E-state index contributed by atoms with van der Waals surface area (Å²) in [7, 11) is 0. The molecule has 0 spiro atoms. The number of aliphatic hydroxyl groups excluding tert-OH is 2. The topological polar surface area (TPSA) is 221 Å². The first-order valence-corrected chi connectivity index (χ1v) is 1.74. The molecule has 0 fully saturated rings. The molecular weight excluding hydrogens is 266 g/mol. The molecule has 0 aromatic rings. The van der Waals surface area contributed by atoms with Gasteiger partial charge in [0, 0.05) is 37.1 Å². The predicted molar refractivity (Wildman–Crippen MR) is 39.6 cm³/mol. The first-order valence-electron chi connectivity index (χ1n) is 1.74. The van der Waals surface area contributed by atoms with Crippen LogP contribution in [-0.4, -0.2) is 62.0 Å². The Morgan fingerprint density at radius 1 is 0.769 bits per heavy atom. The van der Waals surface area contributed by atoms with Crippen LogP contribution in [0.3, 0.4) is 0 Å². The van der Waals surface area contributed by atoms with Crippen LogP contribution < -0.4 is 0 Å². The summed E-state index contributed by atoms with van der Waals surface area (Å²) in [5.41, 5.74) is 0. The second kappa shape index (κ2) is 52.7. The van der Waals surface area contributed by atoms with E-state index in [2.05, 4.69) is 0 Å². The van der Waals surface area contributed by atoms with Gasteiger partial charge in [-0.3, -0.25) is 0 Å². The van der Waals surface area contributed by atoms with E-state index in [1.807, 2.05) is 0 Å². The van der Waals surface area contributed by atoms with Crippen molar-refractivity contribution in [3.8, 4) is 0 Å². The van der Waals surface area contributed by atoms with Crippen LogP contribution in [0.25, 0.3) is 0 Å². The molecule has 2 radical (unpaired) electrons. The minimum absolute atomic E-state index is 0. The van der Waals surface area contributed by atoms with Crippen LogP contribution in [-0.2, 0) is 37.1 Å². The van der Waals surface area contributed by atoms with Crippen molar-refractivity contribution < 1.29 is 79.8 Å². The fourth-order valence-electron chi connectivity index (χ4n) is 0.0577. The van der Waals surface area contributed by atoms with Crippen molar-refractivity contribution in [1.29, 1.82) is 0 Å². The average Bonchev–Trinajstić information content (AvgIpc) is 1.65. The van der Waals surface area contributed by atoms with Gasteiger partial charge in [0.15, 0.2) is 0 Å². The quantitative estimate of drug-likeness (QED) is 0.472. The Bertz CT molecular complexity index is 36.6. The van der Waals surface area contributed by atoms with Gasteiger partial charge in [0.2, 0.25) is 6.10 Å². The average molecular weight is 285 g/mol. The van der Waals surface area contributed by atoms with E-state index < -0.39 is 6.10 Å². The molecule has 0 saturated heterocycles. The molecule has 0 atom stereocenters. The zero-order valence-corrected chi connectivity index (χ0v) is 9.57. The van der Waals surface area contributed by atoms with Gasteiger partial charge in [-0.25, -0.2) is 0 Å².